The van der Waals surface area contributed by atoms with Crippen LogP contribution in [0, 0.1) is 0 Å². The van der Waals surface area contributed by atoms with E-state index in [4.69, 9.17) is 5.73 Å². The van der Waals surface area contributed by atoms with E-state index in [1.54, 1.807) is 0 Å². The topological polar surface area (TPSA) is 49.5 Å². The van der Waals surface area contributed by atoms with Gasteiger partial charge in [-0.25, -0.2) is 0 Å². The van der Waals surface area contributed by atoms with Gasteiger partial charge in [-0.2, -0.15) is 0 Å². The Bertz CT molecular complexity index is 376. The molecule has 0 aliphatic carbocycles. The van der Waals surface area contributed by atoms with Crippen LogP contribution >= 0.6 is 0 Å². The van der Waals surface area contributed by atoms with Gasteiger partial charge in [0.1, 0.15) is 0 Å². The van der Waals surface area contributed by atoms with Crippen molar-refractivity contribution >= 4 is 11.4 Å². The molecule has 0 bridgehead atoms. The molecule has 1 aromatic rings. The second-order valence-corrected chi connectivity index (χ2v) is 4.62. The minimum absolute atomic E-state index is 0.140. The molecule has 2 unspecified atom stereocenters. The van der Waals surface area contributed by atoms with E-state index < -0.39 is 0 Å². The summed E-state index contributed by atoms with van der Waals surface area (Å²) in [7, 11) is 0. The van der Waals surface area contributed by atoms with E-state index >= 15 is 0 Å². The average Bonchev–Trinajstić information content (AvgIpc) is 2.28. The maximum Gasteiger partial charge on any atom is 0.0712 e. The molecular formula is C13H20N2O. The van der Waals surface area contributed by atoms with Gasteiger partial charge in [0, 0.05) is 17.9 Å². The Labute approximate surface area is 96.9 Å². The molecule has 1 aliphatic heterocycles. The number of aliphatic hydroxyl groups excluding tert-OH is 1. The van der Waals surface area contributed by atoms with E-state index in [0.717, 1.165) is 25.1 Å². The van der Waals surface area contributed by atoms with Gasteiger partial charge >= 0.3 is 0 Å². The molecule has 3 nitrogen and oxygen atoms in total. The van der Waals surface area contributed by atoms with E-state index in [-0.39, 0.29) is 12.1 Å². The number of anilines is 2. The van der Waals surface area contributed by atoms with Crippen molar-refractivity contribution < 1.29 is 5.11 Å². The second kappa shape index (κ2) is 4.34. The Morgan fingerprint density at radius 1 is 1.38 bits per heavy atom. The fourth-order valence-corrected chi connectivity index (χ4v) is 2.36. The fourth-order valence-electron chi connectivity index (χ4n) is 2.36. The predicted molar refractivity (Wildman–Crippen MR) is 67.7 cm³/mol. The number of aliphatic hydroxyl groups is 1. The normalized spacial score (nSPS) is 19.1. The Balaban J connectivity index is 2.37. The van der Waals surface area contributed by atoms with E-state index in [1.165, 1.54) is 11.3 Å². The van der Waals surface area contributed by atoms with Crippen molar-refractivity contribution in [1.82, 2.24) is 0 Å². The first-order chi connectivity index (χ1) is 7.61. The van der Waals surface area contributed by atoms with E-state index in [9.17, 15) is 5.11 Å². The molecule has 0 saturated heterocycles. The van der Waals surface area contributed by atoms with Crippen molar-refractivity contribution in [3.63, 3.8) is 0 Å². The summed E-state index contributed by atoms with van der Waals surface area (Å²) >= 11 is 0. The molecule has 1 aliphatic rings. The molecule has 0 saturated carbocycles. The molecule has 2 rings (SSSR count). The Morgan fingerprint density at radius 3 is 2.81 bits per heavy atom. The van der Waals surface area contributed by atoms with Crippen LogP contribution in [-0.4, -0.2) is 23.8 Å². The van der Waals surface area contributed by atoms with Crippen LogP contribution in [0.5, 0.6) is 0 Å². The molecule has 1 aromatic carbocycles. The van der Waals surface area contributed by atoms with Gasteiger partial charge in [-0.3, -0.25) is 0 Å². The highest BCUT2D eigenvalue weighted by Crippen LogP contribution is 2.32. The lowest BCUT2D eigenvalue weighted by molar-refractivity contribution is 0.165. The number of hydrogen-bond donors (Lipinski definition) is 2. The van der Waals surface area contributed by atoms with Gasteiger partial charge in [-0.1, -0.05) is 6.07 Å². The van der Waals surface area contributed by atoms with E-state index in [1.807, 2.05) is 19.1 Å². The third kappa shape index (κ3) is 1.87. The number of nitrogens with two attached hydrogens (primary N) is 1. The highest BCUT2D eigenvalue weighted by molar-refractivity contribution is 5.66. The summed E-state index contributed by atoms with van der Waals surface area (Å²) in [4.78, 5) is 2.26. The summed E-state index contributed by atoms with van der Waals surface area (Å²) in [6, 6.07) is 6.18. The molecule has 0 amide bonds. The first-order valence-electron chi connectivity index (χ1n) is 5.93. The third-order valence-corrected chi connectivity index (χ3v) is 3.51. The van der Waals surface area contributed by atoms with E-state index in [0.29, 0.717) is 0 Å². The molecule has 0 spiro atoms. The highest BCUT2D eigenvalue weighted by Gasteiger charge is 2.24. The van der Waals surface area contributed by atoms with Crippen LogP contribution < -0.4 is 10.6 Å². The maximum absolute atomic E-state index is 9.70. The quantitative estimate of drug-likeness (QED) is 0.747. The van der Waals surface area contributed by atoms with Gasteiger partial charge in [0.25, 0.3) is 0 Å². The summed E-state index contributed by atoms with van der Waals surface area (Å²) in [5, 5.41) is 9.70. The summed E-state index contributed by atoms with van der Waals surface area (Å²) < 4.78 is 0. The summed E-state index contributed by atoms with van der Waals surface area (Å²) in [6.07, 6.45) is 1.83. The van der Waals surface area contributed by atoms with Crippen LogP contribution in [0.3, 0.4) is 0 Å². The molecule has 2 atom stereocenters. The van der Waals surface area contributed by atoms with Crippen molar-refractivity contribution in [2.45, 2.75) is 38.8 Å². The van der Waals surface area contributed by atoms with Gasteiger partial charge in [-0.15, -0.1) is 0 Å². The molecule has 0 fully saturated rings. The predicted octanol–water partition coefficient (Wildman–Crippen LogP) is 1.79. The summed E-state index contributed by atoms with van der Waals surface area (Å²) in [6.45, 7) is 4.90. The largest absolute Gasteiger partial charge is 0.398 e. The van der Waals surface area contributed by atoms with Crippen molar-refractivity contribution in [3.8, 4) is 0 Å². The van der Waals surface area contributed by atoms with Crippen molar-refractivity contribution in [1.29, 1.82) is 0 Å². The molecule has 0 radical (unpaired) electrons. The van der Waals surface area contributed by atoms with Crippen LogP contribution in [0.2, 0.25) is 0 Å². The maximum atomic E-state index is 9.70. The van der Waals surface area contributed by atoms with Crippen LogP contribution in [0.1, 0.15) is 25.8 Å². The molecule has 3 heteroatoms. The lowest BCUT2D eigenvalue weighted by Crippen LogP contribution is -2.43. The third-order valence-electron chi connectivity index (χ3n) is 3.51. The lowest BCUT2D eigenvalue weighted by atomic mass is 9.97. The van der Waals surface area contributed by atoms with Crippen LogP contribution in [0.15, 0.2) is 18.2 Å². The number of nitrogens with zero attached hydrogens (tertiary/aromatic N) is 1. The molecule has 1 heterocycles. The first-order valence-corrected chi connectivity index (χ1v) is 5.93. The molecule has 0 aromatic heterocycles. The van der Waals surface area contributed by atoms with Gasteiger partial charge in [0.15, 0.2) is 0 Å². The monoisotopic (exact) mass is 220 g/mol. The van der Waals surface area contributed by atoms with Crippen LogP contribution in [0.25, 0.3) is 0 Å². The number of benzene rings is 1. The fraction of sp³-hybridized carbons (Fsp3) is 0.538. The standard InChI is InChI=1S/C13H20N2O/c1-9(10(2)16)15-8-4-5-11-12(14)6-3-7-13(11)15/h3,6-7,9-10,16H,4-5,8,14H2,1-2H3. The molecular weight excluding hydrogens is 200 g/mol. The molecule has 3 N–H and O–H groups in total. The van der Waals surface area contributed by atoms with Crippen LogP contribution in [-0.2, 0) is 6.42 Å². The van der Waals surface area contributed by atoms with Crippen molar-refractivity contribution in [2.24, 2.45) is 0 Å². The second-order valence-electron chi connectivity index (χ2n) is 4.62. The van der Waals surface area contributed by atoms with Crippen molar-refractivity contribution in [3.05, 3.63) is 23.8 Å². The minimum atomic E-state index is -0.326. The Hall–Kier alpha value is -1.22. The zero-order valence-electron chi connectivity index (χ0n) is 9.98. The lowest BCUT2D eigenvalue weighted by Gasteiger charge is -2.38. The highest BCUT2D eigenvalue weighted by atomic mass is 16.3. The number of nitrogen functional groups attached to an aromatic ring is 1. The average molecular weight is 220 g/mol. The zero-order chi connectivity index (χ0) is 11.7. The van der Waals surface area contributed by atoms with Crippen LogP contribution in [0.4, 0.5) is 11.4 Å². The summed E-state index contributed by atoms with van der Waals surface area (Å²) in [5.74, 6) is 0. The molecule has 16 heavy (non-hydrogen) atoms. The zero-order valence-corrected chi connectivity index (χ0v) is 9.98. The number of hydrogen-bond acceptors (Lipinski definition) is 3. The van der Waals surface area contributed by atoms with Gasteiger partial charge in [-0.05, 0) is 44.4 Å². The number of rotatable bonds is 2. The van der Waals surface area contributed by atoms with Crippen molar-refractivity contribution in [2.75, 3.05) is 17.2 Å². The minimum Gasteiger partial charge on any atom is -0.398 e. The summed E-state index contributed by atoms with van der Waals surface area (Å²) in [5.41, 5.74) is 9.30. The van der Waals surface area contributed by atoms with Gasteiger partial charge in [0.2, 0.25) is 0 Å². The van der Waals surface area contributed by atoms with Gasteiger partial charge < -0.3 is 15.7 Å². The van der Waals surface area contributed by atoms with E-state index in [2.05, 4.69) is 17.9 Å². The molecule has 88 valence electrons. The SMILES string of the molecule is CC(O)C(C)N1CCCc2c(N)cccc21. The smallest absolute Gasteiger partial charge is 0.0712 e. The van der Waals surface area contributed by atoms with Gasteiger partial charge in [0.05, 0.1) is 12.1 Å². The first kappa shape index (κ1) is 11.3. The Kier molecular flexibility index (Phi) is 3.06. The Morgan fingerprint density at radius 2 is 2.12 bits per heavy atom. The number of fused-ring (bicyclic) bond motifs is 1.